The summed E-state index contributed by atoms with van der Waals surface area (Å²) in [5, 5.41) is 0. The van der Waals surface area contributed by atoms with Crippen LogP contribution in [0.15, 0.2) is 0 Å². The highest BCUT2D eigenvalue weighted by atomic mass is 28.2. The minimum absolute atomic E-state index is 0.643. The fourth-order valence-corrected chi connectivity index (χ4v) is 2.41. The molecule has 0 aromatic heterocycles. The van der Waals surface area contributed by atoms with Crippen LogP contribution in [0.4, 0.5) is 0 Å². The maximum absolute atomic E-state index is 5.51. The number of unbranched alkanes of at least 4 members (excludes halogenated alkanes) is 5. The molecule has 4 heteroatoms. The van der Waals surface area contributed by atoms with Gasteiger partial charge in [0.2, 0.25) is 9.76 Å². The fraction of sp³-hybridized carbons (Fsp3) is 1.00. The van der Waals surface area contributed by atoms with Gasteiger partial charge in [-0.25, -0.2) is 0 Å². The number of ether oxygens (including phenoxy) is 2. The zero-order valence-electron chi connectivity index (χ0n) is 12.9. The van der Waals surface area contributed by atoms with Gasteiger partial charge in [0.1, 0.15) is 0 Å². The molecule has 0 unspecified atom stereocenters. The molecule has 0 rings (SSSR count). The SMILES string of the molecule is CCCCCCOCCOCCO[Si]CCCCC. The van der Waals surface area contributed by atoms with E-state index in [1.165, 1.54) is 51.0 Å². The van der Waals surface area contributed by atoms with Gasteiger partial charge in [0, 0.05) is 6.61 Å². The molecule has 19 heavy (non-hydrogen) atoms. The maximum Gasteiger partial charge on any atom is 0.229 e. The average molecular weight is 289 g/mol. The molecule has 0 fully saturated rings. The molecule has 0 N–H and O–H groups in total. The number of hydrogen-bond donors (Lipinski definition) is 0. The number of hydrogen-bond acceptors (Lipinski definition) is 3. The third-order valence-corrected chi connectivity index (χ3v) is 3.79. The Labute approximate surface area is 122 Å². The normalized spacial score (nSPS) is 11.1. The Hall–Kier alpha value is 0.0969. The van der Waals surface area contributed by atoms with Crippen LogP contribution in [0.2, 0.25) is 6.04 Å². The van der Waals surface area contributed by atoms with Crippen LogP contribution in [-0.4, -0.2) is 42.8 Å². The molecule has 0 bridgehead atoms. The lowest BCUT2D eigenvalue weighted by Crippen LogP contribution is -2.11. The lowest BCUT2D eigenvalue weighted by atomic mass is 10.2. The van der Waals surface area contributed by atoms with Gasteiger partial charge in [0.25, 0.3) is 0 Å². The van der Waals surface area contributed by atoms with E-state index in [1.807, 2.05) is 0 Å². The summed E-state index contributed by atoms with van der Waals surface area (Å²) in [4.78, 5) is 0. The topological polar surface area (TPSA) is 27.7 Å². The summed E-state index contributed by atoms with van der Waals surface area (Å²) in [7, 11) is 0.643. The molecule has 0 saturated carbocycles. The van der Waals surface area contributed by atoms with Crippen molar-refractivity contribution in [3.05, 3.63) is 0 Å². The van der Waals surface area contributed by atoms with Crippen LogP contribution in [0.25, 0.3) is 0 Å². The first-order valence-electron chi connectivity index (χ1n) is 7.92. The van der Waals surface area contributed by atoms with Crippen molar-refractivity contribution in [3.63, 3.8) is 0 Å². The fourth-order valence-electron chi connectivity index (χ4n) is 1.64. The zero-order valence-corrected chi connectivity index (χ0v) is 13.9. The summed E-state index contributed by atoms with van der Waals surface area (Å²) in [6.45, 7) is 8.14. The Bertz CT molecular complexity index is 140. The third-order valence-electron chi connectivity index (χ3n) is 2.83. The molecule has 0 aliphatic carbocycles. The second kappa shape index (κ2) is 18.1. The summed E-state index contributed by atoms with van der Waals surface area (Å²) in [5.74, 6) is 0. The molecular formula is C15H32O3Si. The first kappa shape index (κ1) is 19.1. The van der Waals surface area contributed by atoms with Gasteiger partial charge in [-0.15, -0.1) is 0 Å². The largest absolute Gasteiger partial charge is 0.415 e. The van der Waals surface area contributed by atoms with E-state index in [-0.39, 0.29) is 0 Å². The van der Waals surface area contributed by atoms with E-state index in [1.54, 1.807) is 0 Å². The molecule has 0 aromatic rings. The van der Waals surface area contributed by atoms with E-state index in [0.717, 1.165) is 13.2 Å². The van der Waals surface area contributed by atoms with Gasteiger partial charge in [0.05, 0.1) is 26.4 Å². The third kappa shape index (κ3) is 18.1. The molecule has 0 aliphatic rings. The quantitative estimate of drug-likeness (QED) is 0.319. The summed E-state index contributed by atoms with van der Waals surface area (Å²) >= 11 is 0. The monoisotopic (exact) mass is 288 g/mol. The Morgan fingerprint density at radius 1 is 0.632 bits per heavy atom. The minimum atomic E-state index is 0.643. The highest BCUT2D eigenvalue weighted by Gasteiger charge is 1.94. The summed E-state index contributed by atoms with van der Waals surface area (Å²) in [5.41, 5.74) is 0. The first-order chi connectivity index (χ1) is 9.41. The predicted molar refractivity (Wildman–Crippen MR) is 81.8 cm³/mol. The Kier molecular flexibility index (Phi) is 18.2. The predicted octanol–water partition coefficient (Wildman–Crippen LogP) is 3.84. The Morgan fingerprint density at radius 3 is 2.00 bits per heavy atom. The highest BCUT2D eigenvalue weighted by Crippen LogP contribution is 1.99. The second-order valence-corrected chi connectivity index (χ2v) is 5.81. The Morgan fingerprint density at radius 2 is 1.26 bits per heavy atom. The van der Waals surface area contributed by atoms with Gasteiger partial charge >= 0.3 is 0 Å². The molecule has 0 heterocycles. The van der Waals surface area contributed by atoms with E-state index in [9.17, 15) is 0 Å². The van der Waals surface area contributed by atoms with Crippen molar-refractivity contribution < 1.29 is 13.9 Å². The molecule has 0 aromatic carbocycles. The van der Waals surface area contributed by atoms with Crippen LogP contribution >= 0.6 is 0 Å². The van der Waals surface area contributed by atoms with Crippen molar-refractivity contribution in [2.45, 2.75) is 64.8 Å². The van der Waals surface area contributed by atoms with E-state index in [0.29, 0.717) is 29.6 Å². The molecule has 3 nitrogen and oxygen atoms in total. The van der Waals surface area contributed by atoms with Gasteiger partial charge in [-0.2, -0.15) is 0 Å². The maximum atomic E-state index is 5.51. The molecule has 2 radical (unpaired) electrons. The smallest absolute Gasteiger partial charge is 0.229 e. The van der Waals surface area contributed by atoms with Crippen LogP contribution in [-0.2, 0) is 13.9 Å². The van der Waals surface area contributed by atoms with Crippen molar-refractivity contribution in [2.24, 2.45) is 0 Å². The van der Waals surface area contributed by atoms with Gasteiger partial charge in [-0.05, 0) is 12.5 Å². The second-order valence-electron chi connectivity index (χ2n) is 4.74. The van der Waals surface area contributed by atoms with Crippen LogP contribution in [0.5, 0.6) is 0 Å². The van der Waals surface area contributed by atoms with Crippen molar-refractivity contribution in [1.82, 2.24) is 0 Å². The van der Waals surface area contributed by atoms with E-state index in [4.69, 9.17) is 13.9 Å². The van der Waals surface area contributed by atoms with Crippen molar-refractivity contribution in [2.75, 3.05) is 33.0 Å². The summed E-state index contributed by atoms with van der Waals surface area (Å²) in [6, 6.07) is 1.20. The summed E-state index contributed by atoms with van der Waals surface area (Å²) in [6.07, 6.45) is 8.95. The average Bonchev–Trinajstić information content (AvgIpc) is 2.43. The molecule has 0 atom stereocenters. The lowest BCUT2D eigenvalue weighted by Gasteiger charge is -2.06. The van der Waals surface area contributed by atoms with Crippen molar-refractivity contribution >= 4 is 9.76 Å². The molecule has 114 valence electrons. The zero-order chi connectivity index (χ0) is 14.0. The van der Waals surface area contributed by atoms with E-state index in [2.05, 4.69) is 13.8 Å². The van der Waals surface area contributed by atoms with Crippen molar-refractivity contribution in [1.29, 1.82) is 0 Å². The lowest BCUT2D eigenvalue weighted by molar-refractivity contribution is 0.0356. The van der Waals surface area contributed by atoms with Crippen LogP contribution in [0, 0.1) is 0 Å². The van der Waals surface area contributed by atoms with Crippen LogP contribution in [0.3, 0.4) is 0 Å². The Balaban J connectivity index is 2.88. The van der Waals surface area contributed by atoms with Crippen LogP contribution in [0.1, 0.15) is 58.8 Å². The van der Waals surface area contributed by atoms with Gasteiger partial charge in [-0.1, -0.05) is 52.4 Å². The molecule has 0 amide bonds. The first-order valence-corrected chi connectivity index (χ1v) is 9.03. The molecule has 0 spiro atoms. The van der Waals surface area contributed by atoms with E-state index >= 15 is 0 Å². The number of rotatable bonds is 16. The van der Waals surface area contributed by atoms with E-state index < -0.39 is 0 Å². The van der Waals surface area contributed by atoms with Crippen molar-refractivity contribution in [3.8, 4) is 0 Å². The molecule has 0 saturated heterocycles. The highest BCUT2D eigenvalue weighted by molar-refractivity contribution is 6.26. The van der Waals surface area contributed by atoms with Gasteiger partial charge < -0.3 is 13.9 Å². The van der Waals surface area contributed by atoms with Gasteiger partial charge in [-0.3, -0.25) is 0 Å². The standard InChI is InChI=1S/C15H32O3Si/c1-3-5-7-8-10-16-11-12-17-13-14-18-19-15-9-6-4-2/h3-15H2,1-2H3. The van der Waals surface area contributed by atoms with Crippen LogP contribution < -0.4 is 0 Å². The molecule has 0 aliphatic heterocycles. The minimum Gasteiger partial charge on any atom is -0.415 e. The molecular weight excluding hydrogens is 256 g/mol. The summed E-state index contributed by atoms with van der Waals surface area (Å²) < 4.78 is 16.4. The van der Waals surface area contributed by atoms with Gasteiger partial charge in [0.15, 0.2) is 0 Å².